The zero-order valence-corrected chi connectivity index (χ0v) is 16.1. The van der Waals surface area contributed by atoms with Crippen LogP contribution in [0.4, 0.5) is 0 Å². The number of hydrogen-bond donors (Lipinski definition) is 1. The van der Waals surface area contributed by atoms with Crippen LogP contribution in [-0.2, 0) is 4.79 Å². The van der Waals surface area contributed by atoms with Crippen LogP contribution in [0, 0.1) is 26.7 Å². The van der Waals surface area contributed by atoms with E-state index in [9.17, 15) is 9.90 Å². The molecule has 1 fully saturated rings. The Bertz CT molecular complexity index is 604. The molecule has 0 radical (unpaired) electrons. The summed E-state index contributed by atoms with van der Waals surface area (Å²) in [5.41, 5.74) is 4.81. The van der Waals surface area contributed by atoms with Gasteiger partial charge in [-0.05, 0) is 43.4 Å². The maximum absolute atomic E-state index is 12.7. The van der Waals surface area contributed by atoms with E-state index in [1.165, 1.54) is 22.3 Å². The van der Waals surface area contributed by atoms with E-state index in [0.29, 0.717) is 4.32 Å². The molecule has 0 unspecified atom stereocenters. The minimum Gasteiger partial charge on any atom is -0.392 e. The largest absolute Gasteiger partial charge is 0.392 e. The molecular formula is C18H25NO2S2. The standard InChI is InChI=1S/C18H25NO2S2/c1-10(2)15(20)8-16(21)19-14(9-23-18(19)22)17-12(4)6-11(3)7-13(17)5/h6-7,10,14-15,20H,8-9H2,1-5H3/t14-,15-/m1/s1. The van der Waals surface area contributed by atoms with Gasteiger partial charge in [-0.25, -0.2) is 0 Å². The normalized spacial score (nSPS) is 19.5. The number of thiocarbonyl (C=S) groups is 1. The predicted molar refractivity (Wildman–Crippen MR) is 101 cm³/mol. The van der Waals surface area contributed by atoms with Crippen molar-refractivity contribution in [1.82, 2.24) is 4.90 Å². The quantitative estimate of drug-likeness (QED) is 0.835. The highest BCUT2D eigenvalue weighted by Gasteiger charge is 2.37. The zero-order valence-electron chi connectivity index (χ0n) is 14.4. The third kappa shape index (κ3) is 3.95. The zero-order chi connectivity index (χ0) is 17.3. The molecule has 1 aromatic rings. The molecule has 1 N–H and O–H groups in total. The lowest BCUT2D eigenvalue weighted by Gasteiger charge is -2.28. The summed E-state index contributed by atoms with van der Waals surface area (Å²) in [5.74, 6) is 0.766. The Morgan fingerprint density at radius 3 is 2.43 bits per heavy atom. The Hall–Kier alpha value is -0.910. The van der Waals surface area contributed by atoms with Crippen LogP contribution in [0.25, 0.3) is 0 Å². The molecule has 0 saturated carbocycles. The third-order valence-electron chi connectivity index (χ3n) is 4.37. The van der Waals surface area contributed by atoms with Crippen molar-refractivity contribution in [1.29, 1.82) is 0 Å². The fourth-order valence-corrected chi connectivity index (χ4v) is 4.56. The maximum atomic E-state index is 12.7. The van der Waals surface area contributed by atoms with Gasteiger partial charge < -0.3 is 5.11 Å². The average molecular weight is 352 g/mol. The molecule has 1 aliphatic heterocycles. The van der Waals surface area contributed by atoms with Crippen LogP contribution in [0.1, 0.15) is 48.6 Å². The highest BCUT2D eigenvalue weighted by atomic mass is 32.2. The number of nitrogens with zero attached hydrogens (tertiary/aromatic N) is 1. The van der Waals surface area contributed by atoms with Gasteiger partial charge in [-0.2, -0.15) is 0 Å². The van der Waals surface area contributed by atoms with E-state index in [1.807, 2.05) is 13.8 Å². The molecule has 1 amide bonds. The first-order valence-corrected chi connectivity index (χ1v) is 9.36. The first-order valence-electron chi connectivity index (χ1n) is 7.97. The number of carbonyl (C=O) groups excluding carboxylic acids is 1. The number of rotatable bonds is 4. The van der Waals surface area contributed by atoms with Gasteiger partial charge in [-0.1, -0.05) is 55.5 Å². The Morgan fingerprint density at radius 1 is 1.35 bits per heavy atom. The predicted octanol–water partition coefficient (Wildman–Crippen LogP) is 3.92. The SMILES string of the molecule is Cc1cc(C)c([C@H]2CSC(=S)N2C(=O)C[C@@H](O)C(C)C)c(C)c1. The van der Waals surface area contributed by atoms with Crippen molar-refractivity contribution in [3.8, 4) is 0 Å². The van der Waals surface area contributed by atoms with Crippen LogP contribution in [0.3, 0.4) is 0 Å². The number of aliphatic hydroxyl groups is 1. The summed E-state index contributed by atoms with van der Waals surface area (Å²) in [6.07, 6.45) is -0.504. The van der Waals surface area contributed by atoms with Crippen molar-refractivity contribution in [2.45, 2.75) is 53.2 Å². The van der Waals surface area contributed by atoms with Gasteiger partial charge in [0.25, 0.3) is 0 Å². The van der Waals surface area contributed by atoms with Crippen LogP contribution in [0.2, 0.25) is 0 Å². The molecule has 0 aromatic heterocycles. The van der Waals surface area contributed by atoms with Crippen LogP contribution in [0.15, 0.2) is 12.1 Å². The lowest BCUT2D eigenvalue weighted by Crippen LogP contribution is -2.37. The number of benzene rings is 1. The van der Waals surface area contributed by atoms with Gasteiger partial charge >= 0.3 is 0 Å². The number of amides is 1. The molecule has 2 rings (SSSR count). The van der Waals surface area contributed by atoms with E-state index in [4.69, 9.17) is 12.2 Å². The van der Waals surface area contributed by atoms with E-state index in [2.05, 4.69) is 32.9 Å². The molecule has 126 valence electrons. The first-order chi connectivity index (χ1) is 10.7. The molecule has 23 heavy (non-hydrogen) atoms. The van der Waals surface area contributed by atoms with Crippen molar-refractivity contribution in [2.75, 3.05) is 5.75 Å². The van der Waals surface area contributed by atoms with Crippen LogP contribution in [-0.4, -0.2) is 32.1 Å². The molecular weight excluding hydrogens is 326 g/mol. The molecule has 0 aliphatic carbocycles. The second-order valence-corrected chi connectivity index (χ2v) is 8.34. The smallest absolute Gasteiger partial charge is 0.231 e. The number of thioether (sulfide) groups is 1. The van der Waals surface area contributed by atoms with Crippen molar-refractivity contribution in [2.24, 2.45) is 5.92 Å². The fourth-order valence-electron chi connectivity index (χ4n) is 3.14. The third-order valence-corrected chi connectivity index (χ3v) is 5.84. The van der Waals surface area contributed by atoms with Gasteiger partial charge in [-0.15, -0.1) is 0 Å². The van der Waals surface area contributed by atoms with Gasteiger partial charge in [0, 0.05) is 5.75 Å². The number of hydrogen-bond acceptors (Lipinski definition) is 4. The molecule has 5 heteroatoms. The maximum Gasteiger partial charge on any atom is 0.231 e. The minimum atomic E-state index is -0.628. The van der Waals surface area contributed by atoms with E-state index in [0.717, 1.165) is 5.75 Å². The lowest BCUT2D eigenvalue weighted by molar-refractivity contribution is -0.131. The molecule has 3 nitrogen and oxygen atoms in total. The molecule has 1 saturated heterocycles. The second kappa shape index (κ2) is 7.32. The van der Waals surface area contributed by atoms with Crippen LogP contribution < -0.4 is 0 Å². The second-order valence-electron chi connectivity index (χ2n) is 6.68. The van der Waals surface area contributed by atoms with Crippen LogP contribution in [0.5, 0.6) is 0 Å². The molecule has 0 spiro atoms. The Balaban J connectivity index is 2.32. The topological polar surface area (TPSA) is 40.5 Å². The Kier molecular flexibility index (Phi) is 5.87. The molecule has 1 heterocycles. The molecule has 2 atom stereocenters. The fraction of sp³-hybridized carbons (Fsp3) is 0.556. The molecule has 0 bridgehead atoms. The van der Waals surface area contributed by atoms with E-state index in [1.54, 1.807) is 16.7 Å². The monoisotopic (exact) mass is 351 g/mol. The van der Waals surface area contributed by atoms with E-state index >= 15 is 0 Å². The van der Waals surface area contributed by atoms with Crippen LogP contribution >= 0.6 is 24.0 Å². The molecule has 1 aliphatic rings. The lowest BCUT2D eigenvalue weighted by atomic mass is 9.93. The van der Waals surface area contributed by atoms with Crippen molar-refractivity contribution < 1.29 is 9.90 Å². The summed E-state index contributed by atoms with van der Waals surface area (Å²) in [4.78, 5) is 14.4. The number of aryl methyl sites for hydroxylation is 3. The van der Waals surface area contributed by atoms with Gasteiger partial charge in [0.1, 0.15) is 4.32 Å². The Morgan fingerprint density at radius 2 is 1.91 bits per heavy atom. The summed E-state index contributed by atoms with van der Waals surface area (Å²) in [6.45, 7) is 10.1. The Labute approximate surface area is 148 Å². The first kappa shape index (κ1) is 18.4. The van der Waals surface area contributed by atoms with E-state index < -0.39 is 6.10 Å². The summed E-state index contributed by atoms with van der Waals surface area (Å²) < 4.78 is 0.621. The average Bonchev–Trinajstić information content (AvgIpc) is 2.79. The van der Waals surface area contributed by atoms with Crippen molar-refractivity contribution >= 4 is 34.2 Å². The minimum absolute atomic E-state index is 0.0278. The number of aliphatic hydroxyl groups excluding tert-OH is 1. The van der Waals surface area contributed by atoms with Gasteiger partial charge in [0.2, 0.25) is 5.91 Å². The summed E-state index contributed by atoms with van der Waals surface area (Å²) in [7, 11) is 0. The van der Waals surface area contributed by atoms with Gasteiger partial charge in [0.05, 0.1) is 18.6 Å². The number of carbonyl (C=O) groups is 1. The summed E-state index contributed by atoms with van der Waals surface area (Å²) in [6, 6.07) is 4.28. The molecule has 1 aromatic carbocycles. The van der Waals surface area contributed by atoms with Crippen molar-refractivity contribution in [3.63, 3.8) is 0 Å². The van der Waals surface area contributed by atoms with E-state index in [-0.39, 0.29) is 24.3 Å². The highest BCUT2D eigenvalue weighted by Crippen LogP contribution is 2.39. The van der Waals surface area contributed by atoms with Gasteiger partial charge in [0.15, 0.2) is 0 Å². The van der Waals surface area contributed by atoms with Crippen molar-refractivity contribution in [3.05, 3.63) is 34.4 Å². The highest BCUT2D eigenvalue weighted by molar-refractivity contribution is 8.23. The summed E-state index contributed by atoms with van der Waals surface area (Å²) >= 11 is 6.96. The summed E-state index contributed by atoms with van der Waals surface area (Å²) in [5, 5.41) is 10.0. The van der Waals surface area contributed by atoms with Gasteiger partial charge in [-0.3, -0.25) is 9.69 Å².